The first kappa shape index (κ1) is 15.4. The molecule has 1 unspecified atom stereocenters. The van der Waals surface area contributed by atoms with Crippen molar-refractivity contribution in [2.24, 2.45) is 17.1 Å². The maximum atomic E-state index is 12.7. The molecule has 1 aromatic heterocycles. The second-order valence-corrected chi connectivity index (χ2v) is 7.26. The van der Waals surface area contributed by atoms with Gasteiger partial charge in [0, 0.05) is 16.8 Å². The van der Waals surface area contributed by atoms with Crippen molar-refractivity contribution in [3.63, 3.8) is 0 Å². The van der Waals surface area contributed by atoms with Gasteiger partial charge < -0.3 is 11.1 Å². The quantitative estimate of drug-likeness (QED) is 0.870. The second-order valence-electron chi connectivity index (χ2n) is 6.41. The summed E-state index contributed by atoms with van der Waals surface area (Å²) in [4.78, 5) is 17.1. The number of anilines is 1. The predicted molar refractivity (Wildman–Crippen MR) is 83.7 cm³/mol. The molecule has 1 heterocycles. The number of hydrogen-bond acceptors (Lipinski definition) is 4. The highest BCUT2D eigenvalue weighted by molar-refractivity contribution is 7.13. The number of nitrogens with one attached hydrogen (secondary N) is 1. The van der Waals surface area contributed by atoms with Crippen molar-refractivity contribution in [2.75, 3.05) is 5.32 Å². The van der Waals surface area contributed by atoms with Crippen molar-refractivity contribution in [1.82, 2.24) is 4.98 Å². The molecule has 2 rings (SSSR count). The van der Waals surface area contributed by atoms with E-state index in [4.69, 9.17) is 5.73 Å². The molecular weight excluding hydrogens is 270 g/mol. The average molecular weight is 295 g/mol. The van der Waals surface area contributed by atoms with Crippen LogP contribution in [0.2, 0.25) is 0 Å². The highest BCUT2D eigenvalue weighted by atomic mass is 32.1. The number of carbonyl (C=O) groups is 1. The minimum absolute atomic E-state index is 0.0898. The number of hydrogen-bond donors (Lipinski definition) is 2. The summed E-state index contributed by atoms with van der Waals surface area (Å²) in [5.41, 5.74) is 6.46. The third-order valence-corrected chi connectivity index (χ3v) is 4.83. The summed E-state index contributed by atoms with van der Waals surface area (Å²) in [6, 6.07) is -0.0898. The smallest absolute Gasteiger partial charge is 0.232 e. The maximum Gasteiger partial charge on any atom is 0.232 e. The molecule has 3 N–H and O–H groups in total. The lowest BCUT2D eigenvalue weighted by molar-refractivity contribution is -0.126. The fourth-order valence-corrected chi connectivity index (χ4v) is 3.95. The lowest BCUT2D eigenvalue weighted by atomic mass is 9.78. The maximum absolute atomic E-state index is 12.7. The van der Waals surface area contributed by atoms with Gasteiger partial charge in [-0.05, 0) is 32.1 Å². The summed E-state index contributed by atoms with van der Waals surface area (Å²) in [6.45, 7) is 6.27. The number of nitrogens with two attached hydrogens (primary N) is 1. The number of nitrogens with zero attached hydrogens (tertiary/aromatic N) is 1. The van der Waals surface area contributed by atoms with E-state index in [-0.39, 0.29) is 17.4 Å². The van der Waals surface area contributed by atoms with Gasteiger partial charge in [0.05, 0.1) is 5.69 Å². The van der Waals surface area contributed by atoms with E-state index in [1.807, 2.05) is 12.3 Å². The summed E-state index contributed by atoms with van der Waals surface area (Å²) in [6.07, 6.45) is 5.28. The van der Waals surface area contributed by atoms with Gasteiger partial charge in [-0.3, -0.25) is 4.79 Å². The van der Waals surface area contributed by atoms with Crippen molar-refractivity contribution < 1.29 is 4.79 Å². The van der Waals surface area contributed by atoms with Crippen molar-refractivity contribution in [3.8, 4) is 0 Å². The van der Waals surface area contributed by atoms with Crippen LogP contribution >= 0.6 is 11.3 Å². The average Bonchev–Trinajstić information content (AvgIpc) is 2.98. The Morgan fingerprint density at radius 1 is 1.45 bits per heavy atom. The number of amides is 1. The van der Waals surface area contributed by atoms with Gasteiger partial charge in [0.1, 0.15) is 0 Å². The van der Waals surface area contributed by atoms with E-state index >= 15 is 0 Å². The molecule has 20 heavy (non-hydrogen) atoms. The second kappa shape index (κ2) is 6.22. The molecule has 112 valence electrons. The number of thiazole rings is 1. The summed E-state index contributed by atoms with van der Waals surface area (Å²) < 4.78 is 0. The summed E-state index contributed by atoms with van der Waals surface area (Å²) in [5.74, 6) is 0.684. The van der Waals surface area contributed by atoms with Gasteiger partial charge in [0.2, 0.25) is 5.91 Å². The molecule has 1 atom stereocenters. The fourth-order valence-electron chi connectivity index (χ4n) is 3.14. The number of rotatable bonds is 5. The molecule has 1 aromatic rings. The molecule has 1 amide bonds. The van der Waals surface area contributed by atoms with Gasteiger partial charge in [-0.15, -0.1) is 11.3 Å². The Hall–Kier alpha value is -0.940. The van der Waals surface area contributed by atoms with Crippen LogP contribution in [0.1, 0.15) is 64.6 Å². The molecule has 1 aliphatic carbocycles. The molecule has 0 bridgehead atoms. The Kier molecular flexibility index (Phi) is 4.81. The van der Waals surface area contributed by atoms with E-state index in [9.17, 15) is 4.79 Å². The summed E-state index contributed by atoms with van der Waals surface area (Å²) in [5, 5.41) is 5.62. The third-order valence-electron chi connectivity index (χ3n) is 4.05. The molecule has 0 spiro atoms. The number of carbonyl (C=O) groups excluding carboxylic acids is 1. The highest BCUT2D eigenvalue weighted by Gasteiger charge is 2.41. The van der Waals surface area contributed by atoms with Crippen molar-refractivity contribution >= 4 is 22.4 Å². The predicted octanol–water partition coefficient (Wildman–Crippen LogP) is 3.71. The molecule has 1 saturated carbocycles. The van der Waals surface area contributed by atoms with E-state index in [0.717, 1.165) is 37.8 Å². The number of aromatic nitrogens is 1. The van der Waals surface area contributed by atoms with E-state index < -0.39 is 0 Å². The largest absolute Gasteiger partial charge is 0.323 e. The Morgan fingerprint density at radius 2 is 2.10 bits per heavy atom. The SMILES string of the molecule is CC(C)CC1(C(=O)Nc2nc(C(C)N)cs2)CCCC1. The molecule has 0 saturated heterocycles. The van der Waals surface area contributed by atoms with Crippen LogP contribution in [0.3, 0.4) is 0 Å². The van der Waals surface area contributed by atoms with Crippen molar-refractivity contribution in [3.05, 3.63) is 11.1 Å². The van der Waals surface area contributed by atoms with Gasteiger partial charge in [0.25, 0.3) is 0 Å². The van der Waals surface area contributed by atoms with Crippen LogP contribution in [0.25, 0.3) is 0 Å². The van der Waals surface area contributed by atoms with Gasteiger partial charge in [-0.1, -0.05) is 26.7 Å². The van der Waals surface area contributed by atoms with Crippen molar-refractivity contribution in [1.29, 1.82) is 0 Å². The lowest BCUT2D eigenvalue weighted by Gasteiger charge is -2.28. The highest BCUT2D eigenvalue weighted by Crippen LogP contribution is 2.44. The standard InChI is InChI=1S/C15H25N3OS/c1-10(2)8-15(6-4-5-7-15)13(19)18-14-17-12(9-20-14)11(3)16/h9-11H,4-8,16H2,1-3H3,(H,17,18,19). The van der Waals surface area contributed by atoms with Crippen LogP contribution in [0.5, 0.6) is 0 Å². The minimum Gasteiger partial charge on any atom is -0.323 e. The van der Waals surface area contributed by atoms with Crippen LogP contribution in [0.4, 0.5) is 5.13 Å². The van der Waals surface area contributed by atoms with E-state index in [1.165, 1.54) is 11.3 Å². The monoisotopic (exact) mass is 295 g/mol. The minimum atomic E-state index is -0.186. The Morgan fingerprint density at radius 3 is 2.60 bits per heavy atom. The van der Waals surface area contributed by atoms with Gasteiger partial charge in [0.15, 0.2) is 5.13 Å². The van der Waals surface area contributed by atoms with Crippen LogP contribution in [0, 0.1) is 11.3 Å². The molecule has 0 aromatic carbocycles. The molecular formula is C15H25N3OS. The first-order valence-corrected chi connectivity index (χ1v) is 8.33. The fraction of sp³-hybridized carbons (Fsp3) is 0.733. The van der Waals surface area contributed by atoms with Crippen LogP contribution in [-0.4, -0.2) is 10.9 Å². The molecule has 4 nitrogen and oxygen atoms in total. The zero-order valence-corrected chi connectivity index (χ0v) is 13.4. The normalized spacial score (nSPS) is 19.2. The molecule has 0 aliphatic heterocycles. The molecule has 1 fully saturated rings. The first-order valence-electron chi connectivity index (χ1n) is 7.45. The Balaban J connectivity index is 2.08. The van der Waals surface area contributed by atoms with Crippen LogP contribution < -0.4 is 11.1 Å². The Labute approximate surface area is 125 Å². The molecule has 0 radical (unpaired) electrons. The van der Waals surface area contributed by atoms with Gasteiger partial charge >= 0.3 is 0 Å². The summed E-state index contributed by atoms with van der Waals surface area (Å²) >= 11 is 1.46. The van der Waals surface area contributed by atoms with E-state index in [2.05, 4.69) is 24.1 Å². The molecule has 5 heteroatoms. The zero-order chi connectivity index (χ0) is 14.8. The van der Waals surface area contributed by atoms with Crippen LogP contribution in [-0.2, 0) is 4.79 Å². The topological polar surface area (TPSA) is 68.0 Å². The first-order chi connectivity index (χ1) is 9.43. The van der Waals surface area contributed by atoms with E-state index in [1.54, 1.807) is 0 Å². The van der Waals surface area contributed by atoms with E-state index in [0.29, 0.717) is 11.0 Å². The zero-order valence-electron chi connectivity index (χ0n) is 12.6. The van der Waals surface area contributed by atoms with Gasteiger partial charge in [-0.2, -0.15) is 0 Å². The lowest BCUT2D eigenvalue weighted by Crippen LogP contribution is -2.35. The third kappa shape index (κ3) is 3.38. The van der Waals surface area contributed by atoms with Crippen LogP contribution in [0.15, 0.2) is 5.38 Å². The Bertz CT molecular complexity index is 461. The molecule has 1 aliphatic rings. The summed E-state index contributed by atoms with van der Waals surface area (Å²) in [7, 11) is 0. The van der Waals surface area contributed by atoms with Crippen molar-refractivity contribution in [2.45, 2.75) is 58.9 Å². The van der Waals surface area contributed by atoms with Gasteiger partial charge in [-0.25, -0.2) is 4.98 Å².